The Morgan fingerprint density at radius 2 is 1.89 bits per heavy atom. The quantitative estimate of drug-likeness (QED) is 0.565. The molecule has 0 saturated heterocycles. The van der Waals surface area contributed by atoms with E-state index < -0.39 is 0 Å². The van der Waals surface area contributed by atoms with Crippen molar-refractivity contribution in [3.05, 3.63) is 37.0 Å². The molecule has 50 valence electrons. The average molecular weight is 124 g/mol. The first-order chi connectivity index (χ1) is 4.35. The van der Waals surface area contributed by atoms with E-state index in [1.54, 1.807) is 12.2 Å². The maximum absolute atomic E-state index is 8.39. The molecule has 1 N–H and O–H groups in total. The Bertz CT molecular complexity index is 113. The van der Waals surface area contributed by atoms with E-state index >= 15 is 0 Å². The fourth-order valence-corrected chi connectivity index (χ4v) is 0.481. The van der Waals surface area contributed by atoms with E-state index in [0.29, 0.717) is 6.42 Å². The lowest BCUT2D eigenvalue weighted by atomic mass is 10.2. The summed E-state index contributed by atoms with van der Waals surface area (Å²) in [6.45, 7) is 7.31. The zero-order valence-electron chi connectivity index (χ0n) is 5.51. The summed E-state index contributed by atoms with van der Waals surface area (Å²) >= 11 is 0. The maximum Gasteiger partial charge on any atom is 0.0465 e. The van der Waals surface area contributed by atoms with Crippen LogP contribution in [0.3, 0.4) is 0 Å². The highest BCUT2D eigenvalue weighted by Crippen LogP contribution is 1.97. The summed E-state index contributed by atoms with van der Waals surface area (Å²) in [5.74, 6) is 0. The van der Waals surface area contributed by atoms with Gasteiger partial charge < -0.3 is 5.11 Å². The smallest absolute Gasteiger partial charge is 0.0465 e. The molecule has 0 bridgehead atoms. The molecule has 0 aromatic carbocycles. The van der Waals surface area contributed by atoms with Gasteiger partial charge in [0, 0.05) is 6.61 Å². The van der Waals surface area contributed by atoms with Crippen LogP contribution in [0.5, 0.6) is 0 Å². The number of aliphatic hydroxyl groups is 1. The van der Waals surface area contributed by atoms with Crippen LogP contribution in [0.2, 0.25) is 0 Å². The monoisotopic (exact) mass is 124 g/mol. The van der Waals surface area contributed by atoms with E-state index in [9.17, 15) is 0 Å². The molecule has 0 heterocycles. The van der Waals surface area contributed by atoms with Gasteiger partial charge in [-0.25, -0.2) is 0 Å². The predicted octanol–water partition coefficient (Wildman–Crippen LogP) is 1.67. The molecule has 0 aromatic rings. The number of rotatable bonds is 4. The third-order valence-electron chi connectivity index (χ3n) is 0.981. The molecule has 0 atom stereocenters. The zero-order valence-corrected chi connectivity index (χ0v) is 5.51. The molecular formula is C8H12O. The van der Waals surface area contributed by atoms with Crippen molar-refractivity contribution in [1.82, 2.24) is 0 Å². The molecule has 0 aliphatic heterocycles. The topological polar surface area (TPSA) is 20.2 Å². The van der Waals surface area contributed by atoms with Gasteiger partial charge in [0.2, 0.25) is 0 Å². The molecular weight excluding hydrogens is 112 g/mol. The minimum Gasteiger partial charge on any atom is -0.396 e. The normalized spacial score (nSPS) is 8.11. The summed E-state index contributed by atoms with van der Waals surface area (Å²) in [7, 11) is 0. The summed E-state index contributed by atoms with van der Waals surface area (Å²) in [5.41, 5.74) is 0.976. The molecule has 1 nitrogen and oxygen atoms in total. The van der Waals surface area contributed by atoms with E-state index in [1.807, 2.05) is 6.08 Å². The lowest BCUT2D eigenvalue weighted by Gasteiger charge is -1.89. The maximum atomic E-state index is 8.39. The van der Waals surface area contributed by atoms with E-state index in [4.69, 9.17) is 5.11 Å². The van der Waals surface area contributed by atoms with Gasteiger partial charge in [-0.15, -0.1) is 0 Å². The minimum atomic E-state index is 0.186. The molecule has 0 rings (SSSR count). The van der Waals surface area contributed by atoms with Crippen molar-refractivity contribution in [3.8, 4) is 0 Å². The van der Waals surface area contributed by atoms with Crippen LogP contribution < -0.4 is 0 Å². The van der Waals surface area contributed by atoms with Crippen molar-refractivity contribution in [2.24, 2.45) is 0 Å². The highest BCUT2D eigenvalue weighted by atomic mass is 16.2. The van der Waals surface area contributed by atoms with Gasteiger partial charge in [-0.1, -0.05) is 31.4 Å². The second-order valence-electron chi connectivity index (χ2n) is 1.62. The Hall–Kier alpha value is -0.820. The standard InChI is InChI=1S/C8H12O/c1-3-8(4-2)6-5-7-9/h3-4,6,9H,1-2,5,7H2. The van der Waals surface area contributed by atoms with Gasteiger partial charge in [-0.3, -0.25) is 0 Å². The number of hydrogen-bond acceptors (Lipinski definition) is 1. The van der Waals surface area contributed by atoms with E-state index in [0.717, 1.165) is 5.57 Å². The Labute approximate surface area is 56.0 Å². The van der Waals surface area contributed by atoms with Crippen LogP contribution in [0.15, 0.2) is 37.0 Å². The number of hydrogen-bond donors (Lipinski definition) is 1. The molecule has 0 fully saturated rings. The predicted molar refractivity (Wildman–Crippen MR) is 40.2 cm³/mol. The van der Waals surface area contributed by atoms with Crippen molar-refractivity contribution < 1.29 is 5.11 Å². The van der Waals surface area contributed by atoms with Gasteiger partial charge in [0.1, 0.15) is 0 Å². The average Bonchev–Trinajstić information content (AvgIpc) is 1.91. The number of aliphatic hydroxyl groups excluding tert-OH is 1. The van der Waals surface area contributed by atoms with Crippen LogP contribution in [0.4, 0.5) is 0 Å². The highest BCUT2D eigenvalue weighted by molar-refractivity contribution is 5.26. The number of allylic oxidation sites excluding steroid dienone is 3. The van der Waals surface area contributed by atoms with Gasteiger partial charge in [-0.2, -0.15) is 0 Å². The highest BCUT2D eigenvalue weighted by Gasteiger charge is 1.80. The molecule has 0 aliphatic rings. The van der Waals surface area contributed by atoms with Crippen molar-refractivity contribution in [2.75, 3.05) is 6.61 Å². The van der Waals surface area contributed by atoms with Crippen LogP contribution in [0.25, 0.3) is 0 Å². The largest absolute Gasteiger partial charge is 0.396 e. The van der Waals surface area contributed by atoms with Crippen molar-refractivity contribution >= 4 is 0 Å². The first-order valence-corrected chi connectivity index (χ1v) is 2.91. The fraction of sp³-hybridized carbons (Fsp3) is 0.250. The summed E-state index contributed by atoms with van der Waals surface area (Å²) in [4.78, 5) is 0. The second-order valence-corrected chi connectivity index (χ2v) is 1.62. The summed E-state index contributed by atoms with van der Waals surface area (Å²) in [6, 6.07) is 0. The van der Waals surface area contributed by atoms with Crippen LogP contribution in [0.1, 0.15) is 6.42 Å². The summed E-state index contributed by atoms with van der Waals surface area (Å²) in [6.07, 6.45) is 5.98. The first kappa shape index (κ1) is 8.18. The third kappa shape index (κ3) is 3.74. The van der Waals surface area contributed by atoms with Crippen LogP contribution in [-0.2, 0) is 0 Å². The fourth-order valence-electron chi connectivity index (χ4n) is 0.481. The van der Waals surface area contributed by atoms with Gasteiger partial charge in [0.05, 0.1) is 0 Å². The zero-order chi connectivity index (χ0) is 7.11. The van der Waals surface area contributed by atoms with E-state index in [1.165, 1.54) is 0 Å². The van der Waals surface area contributed by atoms with Gasteiger partial charge in [-0.05, 0) is 12.0 Å². The Morgan fingerprint density at radius 1 is 1.33 bits per heavy atom. The van der Waals surface area contributed by atoms with Crippen LogP contribution >= 0.6 is 0 Å². The first-order valence-electron chi connectivity index (χ1n) is 2.91. The van der Waals surface area contributed by atoms with Gasteiger partial charge in [0.15, 0.2) is 0 Å². The van der Waals surface area contributed by atoms with E-state index in [2.05, 4.69) is 13.2 Å². The SMILES string of the molecule is C=CC(C=C)=CCCO. The van der Waals surface area contributed by atoms with Crippen molar-refractivity contribution in [1.29, 1.82) is 0 Å². The van der Waals surface area contributed by atoms with Crippen molar-refractivity contribution in [2.45, 2.75) is 6.42 Å². The molecule has 1 heteroatoms. The molecule has 0 aliphatic carbocycles. The molecule has 9 heavy (non-hydrogen) atoms. The van der Waals surface area contributed by atoms with E-state index in [-0.39, 0.29) is 6.61 Å². The lowest BCUT2D eigenvalue weighted by molar-refractivity contribution is 0.302. The Morgan fingerprint density at radius 3 is 2.22 bits per heavy atom. The molecule has 0 amide bonds. The molecule has 0 radical (unpaired) electrons. The lowest BCUT2D eigenvalue weighted by Crippen LogP contribution is -1.77. The third-order valence-corrected chi connectivity index (χ3v) is 0.981. The molecule has 0 spiro atoms. The van der Waals surface area contributed by atoms with Gasteiger partial charge in [0.25, 0.3) is 0 Å². The van der Waals surface area contributed by atoms with Crippen LogP contribution in [0, 0.1) is 0 Å². The minimum absolute atomic E-state index is 0.186. The summed E-state index contributed by atoms with van der Waals surface area (Å²) < 4.78 is 0. The Balaban J connectivity index is 3.75. The summed E-state index contributed by atoms with van der Waals surface area (Å²) in [5, 5.41) is 8.39. The van der Waals surface area contributed by atoms with Gasteiger partial charge >= 0.3 is 0 Å². The molecule has 0 unspecified atom stereocenters. The Kier molecular flexibility index (Phi) is 4.83. The second kappa shape index (κ2) is 5.32. The molecule has 0 aromatic heterocycles. The molecule has 0 saturated carbocycles. The van der Waals surface area contributed by atoms with Crippen LogP contribution in [-0.4, -0.2) is 11.7 Å². The van der Waals surface area contributed by atoms with Crippen molar-refractivity contribution in [3.63, 3.8) is 0 Å².